The first-order chi connectivity index (χ1) is 10.1. The normalized spacial score (nSPS) is 26.8. The van der Waals surface area contributed by atoms with Gasteiger partial charge in [0.05, 0.1) is 7.11 Å². The van der Waals surface area contributed by atoms with Gasteiger partial charge in [0, 0.05) is 16.7 Å². The monoisotopic (exact) mass is 302 g/mol. The molecular formula is C15H14N2O3S. The highest BCUT2D eigenvalue weighted by molar-refractivity contribution is 8.02. The minimum absolute atomic E-state index is 0.0795. The number of nitrogens with zero attached hydrogens (tertiary/aromatic N) is 2. The van der Waals surface area contributed by atoms with Crippen molar-refractivity contribution < 1.29 is 14.3 Å². The van der Waals surface area contributed by atoms with Gasteiger partial charge in [-0.1, -0.05) is 6.42 Å². The van der Waals surface area contributed by atoms with E-state index in [9.17, 15) is 20.1 Å². The van der Waals surface area contributed by atoms with Crippen LogP contribution in [0.3, 0.4) is 0 Å². The van der Waals surface area contributed by atoms with Crippen molar-refractivity contribution in [1.29, 1.82) is 10.5 Å². The largest absolute Gasteiger partial charge is 0.465 e. The van der Waals surface area contributed by atoms with E-state index in [0.29, 0.717) is 16.9 Å². The predicted molar refractivity (Wildman–Crippen MR) is 76.6 cm³/mol. The highest BCUT2D eigenvalue weighted by atomic mass is 32.2. The molecule has 0 saturated heterocycles. The number of ketones is 1. The molecule has 0 radical (unpaired) electrons. The molecule has 0 unspecified atom stereocenters. The number of rotatable bonds is 2. The maximum Gasteiger partial charge on any atom is 0.348 e. The second kappa shape index (κ2) is 6.15. The third-order valence-electron chi connectivity index (χ3n) is 3.98. The molecule has 5 nitrogen and oxygen atoms in total. The lowest BCUT2D eigenvalue weighted by Crippen LogP contribution is -2.35. The van der Waals surface area contributed by atoms with Crippen molar-refractivity contribution in [2.75, 3.05) is 13.4 Å². The van der Waals surface area contributed by atoms with Crippen LogP contribution >= 0.6 is 11.8 Å². The van der Waals surface area contributed by atoms with Gasteiger partial charge < -0.3 is 4.74 Å². The number of hydrogen-bond donors (Lipinski definition) is 0. The van der Waals surface area contributed by atoms with Gasteiger partial charge in [0.1, 0.15) is 23.3 Å². The fraction of sp³-hybridized carbons (Fsp3) is 0.467. The lowest BCUT2D eigenvalue weighted by Gasteiger charge is -2.37. The lowest BCUT2D eigenvalue weighted by molar-refractivity contribution is -0.135. The summed E-state index contributed by atoms with van der Waals surface area (Å²) in [6.07, 6.45) is 3.95. The van der Waals surface area contributed by atoms with Crippen LogP contribution in [0.25, 0.3) is 0 Å². The molecular weight excluding hydrogens is 288 g/mol. The summed E-state index contributed by atoms with van der Waals surface area (Å²) in [7, 11) is 1.21. The molecule has 0 spiro atoms. The number of hydrogen-bond acceptors (Lipinski definition) is 6. The minimum Gasteiger partial charge on any atom is -0.465 e. The molecule has 0 amide bonds. The van der Waals surface area contributed by atoms with Crippen LogP contribution in [0.15, 0.2) is 21.6 Å². The maximum absolute atomic E-state index is 12.5. The number of carbonyl (C=O) groups is 2. The average Bonchev–Trinajstić information content (AvgIpc) is 2.51. The van der Waals surface area contributed by atoms with E-state index >= 15 is 0 Å². The van der Waals surface area contributed by atoms with Gasteiger partial charge in [-0.2, -0.15) is 10.5 Å². The minimum atomic E-state index is -0.710. The van der Waals surface area contributed by atoms with Gasteiger partial charge in [-0.05, 0) is 24.7 Å². The topological polar surface area (TPSA) is 90.9 Å². The Hall–Kier alpha value is -2.05. The molecule has 1 fully saturated rings. The van der Waals surface area contributed by atoms with Gasteiger partial charge in [0.2, 0.25) is 0 Å². The van der Waals surface area contributed by atoms with Gasteiger partial charge >= 0.3 is 5.97 Å². The molecule has 0 aromatic carbocycles. The van der Waals surface area contributed by atoms with Crippen LogP contribution in [0.1, 0.15) is 19.3 Å². The van der Waals surface area contributed by atoms with E-state index in [1.54, 1.807) is 6.26 Å². The van der Waals surface area contributed by atoms with Gasteiger partial charge in [-0.15, -0.1) is 11.8 Å². The van der Waals surface area contributed by atoms with Crippen molar-refractivity contribution in [3.63, 3.8) is 0 Å². The van der Waals surface area contributed by atoms with E-state index in [0.717, 1.165) is 12.8 Å². The predicted octanol–water partition coefficient (Wildman–Crippen LogP) is 2.12. The molecule has 0 aromatic rings. The fourth-order valence-corrected chi connectivity index (χ4v) is 4.01. The van der Waals surface area contributed by atoms with E-state index in [-0.39, 0.29) is 22.8 Å². The Morgan fingerprint density at radius 3 is 2.52 bits per heavy atom. The molecule has 2 aliphatic rings. The Kier molecular flexibility index (Phi) is 4.50. The first-order valence-electron chi connectivity index (χ1n) is 6.55. The van der Waals surface area contributed by atoms with Gasteiger partial charge in [-0.25, -0.2) is 4.79 Å². The van der Waals surface area contributed by atoms with Crippen LogP contribution in [-0.4, -0.2) is 25.1 Å². The molecule has 0 aromatic heterocycles. The molecule has 21 heavy (non-hydrogen) atoms. The molecule has 2 bridgehead atoms. The fourth-order valence-electron chi connectivity index (χ4n) is 3.13. The zero-order chi connectivity index (χ0) is 15.6. The summed E-state index contributed by atoms with van der Waals surface area (Å²) in [6.45, 7) is 0. The number of allylic oxidation sites excluding steroid dienone is 3. The summed E-state index contributed by atoms with van der Waals surface area (Å²) in [4.78, 5) is 25.0. The molecule has 6 heteroatoms. The Morgan fingerprint density at radius 1 is 1.33 bits per heavy atom. The molecule has 108 valence electrons. The third-order valence-corrected chi connectivity index (χ3v) is 4.91. The Bertz CT molecular complexity index is 649. The zero-order valence-electron chi connectivity index (χ0n) is 11.8. The van der Waals surface area contributed by atoms with Crippen LogP contribution in [0.5, 0.6) is 0 Å². The summed E-state index contributed by atoms with van der Waals surface area (Å²) in [6, 6.07) is 3.88. The first-order valence-corrected chi connectivity index (χ1v) is 7.78. The van der Waals surface area contributed by atoms with Crippen molar-refractivity contribution in [2.45, 2.75) is 19.3 Å². The van der Waals surface area contributed by atoms with Gasteiger partial charge in [0.15, 0.2) is 5.78 Å². The summed E-state index contributed by atoms with van der Waals surface area (Å²) < 4.78 is 4.66. The number of Topliss-reactive ketones (excluding diaryl/α,β-unsaturated/α-hetero) is 1. The highest BCUT2D eigenvalue weighted by Gasteiger charge is 2.44. The number of carbonyl (C=O) groups excluding carboxylic acids is 2. The van der Waals surface area contributed by atoms with E-state index in [1.165, 1.54) is 18.9 Å². The summed E-state index contributed by atoms with van der Waals surface area (Å²) >= 11 is 1.34. The lowest BCUT2D eigenvalue weighted by atomic mass is 9.67. The third kappa shape index (κ3) is 2.36. The second-order valence-corrected chi connectivity index (χ2v) is 5.74. The molecule has 2 atom stereocenters. The van der Waals surface area contributed by atoms with Crippen molar-refractivity contribution in [1.82, 2.24) is 0 Å². The summed E-state index contributed by atoms with van der Waals surface area (Å²) in [5, 5.41) is 18.5. The standard InChI is InChI=1S/C15H14N2O3S/c1-20-15(19)10(6-16)12-8-4-3-5-9(12)14(21-2)11(7-17)13(8)18/h8-9H,3-5H2,1-2H3/t8-,9+/m0/s1. The molecule has 0 N–H and O–H groups in total. The number of nitriles is 2. The van der Waals surface area contributed by atoms with E-state index in [2.05, 4.69) is 4.74 Å². The van der Waals surface area contributed by atoms with Crippen molar-refractivity contribution in [3.05, 3.63) is 21.6 Å². The van der Waals surface area contributed by atoms with Crippen LogP contribution in [-0.2, 0) is 14.3 Å². The van der Waals surface area contributed by atoms with E-state index in [4.69, 9.17) is 0 Å². The van der Waals surface area contributed by atoms with Crippen LogP contribution < -0.4 is 0 Å². The van der Waals surface area contributed by atoms with Crippen molar-refractivity contribution in [2.24, 2.45) is 11.8 Å². The number of ether oxygens (including phenoxy) is 1. The molecule has 0 aliphatic heterocycles. The summed E-state index contributed by atoms with van der Waals surface area (Å²) in [5.74, 6) is -1.72. The van der Waals surface area contributed by atoms with Crippen LogP contribution in [0.4, 0.5) is 0 Å². The molecule has 2 rings (SSSR count). The Morgan fingerprint density at radius 2 is 2.00 bits per heavy atom. The SMILES string of the molecule is COC(=O)C(C#N)=C1[C@@H]2CCC[C@H]1C(SC)=C(C#N)C2=O. The molecule has 2 aliphatic carbocycles. The van der Waals surface area contributed by atoms with Crippen molar-refractivity contribution in [3.8, 4) is 12.1 Å². The van der Waals surface area contributed by atoms with E-state index < -0.39 is 11.9 Å². The van der Waals surface area contributed by atoms with Gasteiger partial charge in [-0.3, -0.25) is 4.79 Å². The first kappa shape index (κ1) is 15.3. The van der Waals surface area contributed by atoms with Gasteiger partial charge in [0.25, 0.3) is 0 Å². The quantitative estimate of drug-likeness (QED) is 0.441. The van der Waals surface area contributed by atoms with Crippen molar-refractivity contribution >= 4 is 23.5 Å². The molecule has 1 saturated carbocycles. The number of esters is 1. The van der Waals surface area contributed by atoms with Crippen LogP contribution in [0.2, 0.25) is 0 Å². The Labute approximate surface area is 127 Å². The average molecular weight is 302 g/mol. The Balaban J connectivity index is 2.72. The zero-order valence-corrected chi connectivity index (χ0v) is 12.6. The second-order valence-electron chi connectivity index (χ2n) is 4.89. The number of fused-ring (bicyclic) bond motifs is 2. The highest BCUT2D eigenvalue weighted by Crippen LogP contribution is 2.49. The number of methoxy groups -OCH3 is 1. The van der Waals surface area contributed by atoms with E-state index in [1.807, 2.05) is 12.1 Å². The maximum atomic E-state index is 12.5. The van der Waals surface area contributed by atoms with Crippen LogP contribution in [0, 0.1) is 34.5 Å². The number of thioether (sulfide) groups is 1. The summed E-state index contributed by atoms with van der Waals surface area (Å²) in [5.41, 5.74) is 0.649. The smallest absolute Gasteiger partial charge is 0.348 e. The molecule has 0 heterocycles.